The summed E-state index contributed by atoms with van der Waals surface area (Å²) >= 11 is 9.62. The van der Waals surface area contributed by atoms with Gasteiger partial charge in [0.15, 0.2) is 0 Å². The highest BCUT2D eigenvalue weighted by atomic mass is 32.2. The highest BCUT2D eigenvalue weighted by molar-refractivity contribution is 8.00. The molecule has 2 heteroatoms. The Bertz CT molecular complexity index is 720. The van der Waals surface area contributed by atoms with Gasteiger partial charge >= 0.3 is 0 Å². The number of allylic oxidation sites excluding steroid dienone is 3. The van der Waals surface area contributed by atoms with E-state index in [9.17, 15) is 0 Å². The molecule has 0 spiro atoms. The molecule has 0 atom stereocenters. The molecule has 0 amide bonds. The van der Waals surface area contributed by atoms with E-state index in [-0.39, 0.29) is 5.41 Å². The fourth-order valence-electron chi connectivity index (χ4n) is 2.73. The molecule has 0 saturated carbocycles. The Morgan fingerprint density at radius 2 is 1.85 bits per heavy atom. The Kier molecular flexibility index (Phi) is 3.12. The number of fused-ring (bicyclic) bond motifs is 2. The van der Waals surface area contributed by atoms with E-state index >= 15 is 0 Å². The average molecular weight is 298 g/mol. The second-order valence-electron chi connectivity index (χ2n) is 6.07. The van der Waals surface area contributed by atoms with Gasteiger partial charge in [-0.25, -0.2) is 0 Å². The molecule has 102 valence electrons. The van der Waals surface area contributed by atoms with Gasteiger partial charge in [0.25, 0.3) is 0 Å². The van der Waals surface area contributed by atoms with Crippen LogP contribution in [0.2, 0.25) is 0 Å². The maximum atomic E-state index is 4.81. The first-order chi connectivity index (χ1) is 9.38. The molecule has 0 N–H and O–H groups in total. The molecule has 0 fully saturated rings. The van der Waals surface area contributed by atoms with E-state index in [0.29, 0.717) is 0 Å². The Balaban J connectivity index is 2.19. The first kappa shape index (κ1) is 13.9. The Labute approximate surface area is 131 Å². The summed E-state index contributed by atoms with van der Waals surface area (Å²) in [5.41, 5.74) is 12.2. The SMILES string of the molecule is CCC(C)(C)c1ccc2c(c1)C(S)(S)C1=C2C=C=C=C1. The fourth-order valence-corrected chi connectivity index (χ4v) is 3.47. The van der Waals surface area contributed by atoms with Crippen LogP contribution in [0, 0.1) is 0 Å². The molecule has 0 unspecified atom stereocenters. The summed E-state index contributed by atoms with van der Waals surface area (Å²) in [6, 6.07) is 6.69. The predicted octanol–water partition coefficient (Wildman–Crippen LogP) is 5.03. The van der Waals surface area contributed by atoms with Gasteiger partial charge < -0.3 is 0 Å². The first-order valence-corrected chi connectivity index (χ1v) is 7.80. The molecule has 0 aliphatic heterocycles. The third-order valence-electron chi connectivity index (χ3n) is 4.53. The lowest BCUT2D eigenvalue weighted by atomic mass is 9.81. The van der Waals surface area contributed by atoms with E-state index in [0.717, 1.165) is 12.0 Å². The van der Waals surface area contributed by atoms with Crippen LogP contribution in [-0.2, 0) is 9.49 Å². The molecule has 0 heterocycles. The molecule has 1 aromatic rings. The quantitative estimate of drug-likeness (QED) is 0.427. The largest absolute Gasteiger partial charge is 0.152 e. The van der Waals surface area contributed by atoms with Crippen molar-refractivity contribution in [3.8, 4) is 0 Å². The van der Waals surface area contributed by atoms with Crippen molar-refractivity contribution < 1.29 is 0 Å². The van der Waals surface area contributed by atoms with Gasteiger partial charge in [-0.05, 0) is 51.8 Å². The highest BCUT2D eigenvalue weighted by Crippen LogP contribution is 2.53. The van der Waals surface area contributed by atoms with E-state index in [2.05, 4.69) is 50.4 Å². The van der Waals surface area contributed by atoms with Gasteiger partial charge in [-0.1, -0.05) is 50.4 Å². The summed E-state index contributed by atoms with van der Waals surface area (Å²) < 4.78 is -0.546. The second kappa shape index (κ2) is 4.48. The van der Waals surface area contributed by atoms with Crippen LogP contribution in [0.15, 0.2) is 47.4 Å². The molecule has 2 aliphatic carbocycles. The Morgan fingerprint density at radius 3 is 2.55 bits per heavy atom. The van der Waals surface area contributed by atoms with Crippen molar-refractivity contribution in [1.29, 1.82) is 0 Å². The summed E-state index contributed by atoms with van der Waals surface area (Å²) in [6.07, 6.45) is 5.03. The summed E-state index contributed by atoms with van der Waals surface area (Å²) in [7, 11) is 0. The third kappa shape index (κ3) is 1.88. The maximum Gasteiger partial charge on any atom is 0.107 e. The van der Waals surface area contributed by atoms with Gasteiger partial charge in [-0.3, -0.25) is 0 Å². The second-order valence-corrected chi connectivity index (χ2v) is 7.77. The van der Waals surface area contributed by atoms with Crippen molar-refractivity contribution in [2.24, 2.45) is 0 Å². The molecule has 20 heavy (non-hydrogen) atoms. The molecule has 0 nitrogen and oxygen atoms in total. The minimum atomic E-state index is -0.546. The number of hydrogen-bond acceptors (Lipinski definition) is 2. The van der Waals surface area contributed by atoms with E-state index in [4.69, 9.17) is 25.3 Å². The minimum Gasteiger partial charge on any atom is -0.152 e. The number of thiol groups is 2. The first-order valence-electron chi connectivity index (χ1n) is 6.90. The average Bonchev–Trinajstić information content (AvgIpc) is 2.68. The molecule has 0 aromatic heterocycles. The fraction of sp³-hybridized carbons (Fsp3) is 0.333. The van der Waals surface area contributed by atoms with Crippen LogP contribution in [0.1, 0.15) is 43.9 Å². The molecular formula is C18H18S2. The van der Waals surface area contributed by atoms with Crippen molar-refractivity contribution in [2.45, 2.75) is 36.7 Å². The van der Waals surface area contributed by atoms with Gasteiger partial charge in [-0.2, -0.15) is 25.3 Å². The smallest absolute Gasteiger partial charge is 0.107 e. The van der Waals surface area contributed by atoms with E-state index in [1.54, 1.807) is 0 Å². The number of rotatable bonds is 2. The van der Waals surface area contributed by atoms with Crippen LogP contribution < -0.4 is 0 Å². The summed E-state index contributed by atoms with van der Waals surface area (Å²) in [5, 5.41) is 0. The van der Waals surface area contributed by atoms with Gasteiger partial charge in [0, 0.05) is 0 Å². The van der Waals surface area contributed by atoms with Gasteiger partial charge in [0.2, 0.25) is 0 Å². The van der Waals surface area contributed by atoms with Crippen LogP contribution in [-0.4, -0.2) is 0 Å². The van der Waals surface area contributed by atoms with Gasteiger partial charge in [-0.15, -0.1) is 0 Å². The minimum absolute atomic E-state index is 0.166. The van der Waals surface area contributed by atoms with Crippen LogP contribution in [0.5, 0.6) is 0 Å². The molecule has 0 radical (unpaired) electrons. The molecular weight excluding hydrogens is 280 g/mol. The maximum absolute atomic E-state index is 4.81. The molecule has 1 aromatic carbocycles. The molecule has 0 saturated heterocycles. The number of benzene rings is 1. The summed E-state index contributed by atoms with van der Waals surface area (Å²) in [6.45, 7) is 6.77. The predicted molar refractivity (Wildman–Crippen MR) is 92.5 cm³/mol. The Morgan fingerprint density at radius 1 is 1.15 bits per heavy atom. The van der Waals surface area contributed by atoms with Gasteiger partial charge in [0.1, 0.15) is 4.08 Å². The summed E-state index contributed by atoms with van der Waals surface area (Å²) in [4.78, 5) is 0. The van der Waals surface area contributed by atoms with E-state index in [1.807, 2.05) is 12.2 Å². The zero-order valence-electron chi connectivity index (χ0n) is 12.0. The van der Waals surface area contributed by atoms with Gasteiger partial charge in [0.05, 0.1) is 0 Å². The normalized spacial score (nSPS) is 18.4. The Hall–Kier alpha value is -1.04. The van der Waals surface area contributed by atoms with Crippen LogP contribution in [0.3, 0.4) is 0 Å². The van der Waals surface area contributed by atoms with Crippen molar-refractivity contribution in [3.63, 3.8) is 0 Å². The zero-order chi connectivity index (χ0) is 14.5. The monoisotopic (exact) mass is 298 g/mol. The van der Waals surface area contributed by atoms with Crippen molar-refractivity contribution in [1.82, 2.24) is 0 Å². The third-order valence-corrected chi connectivity index (χ3v) is 5.50. The highest BCUT2D eigenvalue weighted by Gasteiger charge is 2.39. The van der Waals surface area contributed by atoms with E-state index < -0.39 is 4.08 Å². The lowest BCUT2D eigenvalue weighted by Gasteiger charge is -2.26. The molecule has 0 bridgehead atoms. The number of hydrogen-bond donors (Lipinski definition) is 2. The molecule has 2 aliphatic rings. The van der Waals surface area contributed by atoms with Crippen molar-refractivity contribution in [2.75, 3.05) is 0 Å². The molecule has 3 rings (SSSR count). The standard InChI is InChI=1S/C18H18S2/c1-4-17(2,3)12-9-10-14-13-7-5-6-8-15(13)18(19,20)16(14)11-12/h7-11,19-20H,4H2,1-3H3. The topological polar surface area (TPSA) is 0 Å². The lowest BCUT2D eigenvalue weighted by molar-refractivity contribution is 0.506. The van der Waals surface area contributed by atoms with Crippen molar-refractivity contribution in [3.05, 3.63) is 64.1 Å². The van der Waals surface area contributed by atoms with Crippen LogP contribution >= 0.6 is 25.3 Å². The summed E-state index contributed by atoms with van der Waals surface area (Å²) in [5.74, 6) is 0. The van der Waals surface area contributed by atoms with Crippen LogP contribution in [0.25, 0.3) is 5.57 Å². The van der Waals surface area contributed by atoms with E-state index in [1.165, 1.54) is 22.3 Å². The van der Waals surface area contributed by atoms with Crippen LogP contribution in [0.4, 0.5) is 0 Å². The zero-order valence-corrected chi connectivity index (χ0v) is 13.8. The van der Waals surface area contributed by atoms with Crippen molar-refractivity contribution >= 4 is 30.8 Å². The lowest BCUT2D eigenvalue weighted by Crippen LogP contribution is -2.17.